The van der Waals surface area contributed by atoms with E-state index in [9.17, 15) is 4.79 Å². The van der Waals surface area contributed by atoms with Crippen molar-refractivity contribution >= 4 is 6.09 Å². The Morgan fingerprint density at radius 1 is 1.64 bits per heavy atom. The van der Waals surface area contributed by atoms with Crippen LogP contribution < -0.4 is 10.6 Å². The highest BCUT2D eigenvalue weighted by molar-refractivity contribution is 5.65. The lowest BCUT2D eigenvalue weighted by Gasteiger charge is -2.25. The monoisotopic (exact) mass is 200 g/mol. The molecule has 1 rings (SSSR count). The summed E-state index contributed by atoms with van der Waals surface area (Å²) < 4.78 is 0. The van der Waals surface area contributed by atoms with Crippen molar-refractivity contribution in [3.05, 3.63) is 0 Å². The minimum absolute atomic E-state index is 0.309. The molecule has 1 aliphatic rings. The van der Waals surface area contributed by atoms with Gasteiger partial charge in [-0.1, -0.05) is 0 Å². The molecule has 1 unspecified atom stereocenters. The Morgan fingerprint density at radius 2 is 2.36 bits per heavy atom. The van der Waals surface area contributed by atoms with Gasteiger partial charge in [0.1, 0.15) is 0 Å². The number of carbonyl (C=O) groups is 1. The first-order valence-corrected chi connectivity index (χ1v) is 5.24. The standard InChI is InChI=1S/C10H20N2O2/c1-10(2,12-9(13)14)6-5-8-4-3-7-11-8/h8,11-12H,3-7H2,1-2H3,(H,13,14). The van der Waals surface area contributed by atoms with Crippen LogP contribution in [0.4, 0.5) is 4.79 Å². The average molecular weight is 200 g/mol. The molecule has 14 heavy (non-hydrogen) atoms. The van der Waals surface area contributed by atoms with Crippen LogP contribution in [0.25, 0.3) is 0 Å². The van der Waals surface area contributed by atoms with Crippen LogP contribution in [0.2, 0.25) is 0 Å². The quantitative estimate of drug-likeness (QED) is 0.645. The van der Waals surface area contributed by atoms with Gasteiger partial charge in [-0.3, -0.25) is 0 Å². The molecule has 0 aromatic heterocycles. The number of carboxylic acid groups (broad SMARTS) is 1. The van der Waals surface area contributed by atoms with Crippen LogP contribution in [0.1, 0.15) is 39.5 Å². The van der Waals surface area contributed by atoms with E-state index >= 15 is 0 Å². The molecule has 0 spiro atoms. The first kappa shape index (κ1) is 11.3. The maximum absolute atomic E-state index is 10.5. The van der Waals surface area contributed by atoms with Crippen molar-refractivity contribution in [1.29, 1.82) is 0 Å². The summed E-state index contributed by atoms with van der Waals surface area (Å²) >= 11 is 0. The molecule has 1 fully saturated rings. The summed E-state index contributed by atoms with van der Waals surface area (Å²) in [6.45, 7) is 4.96. The summed E-state index contributed by atoms with van der Waals surface area (Å²) in [6, 6.07) is 0.588. The van der Waals surface area contributed by atoms with Gasteiger partial charge < -0.3 is 15.7 Å². The minimum Gasteiger partial charge on any atom is -0.465 e. The maximum Gasteiger partial charge on any atom is 0.405 e. The Bertz CT molecular complexity index is 198. The summed E-state index contributed by atoms with van der Waals surface area (Å²) in [5.41, 5.74) is -0.309. The van der Waals surface area contributed by atoms with Gasteiger partial charge in [-0.25, -0.2) is 4.79 Å². The number of rotatable bonds is 4. The van der Waals surface area contributed by atoms with E-state index in [1.807, 2.05) is 13.8 Å². The summed E-state index contributed by atoms with van der Waals surface area (Å²) in [6.07, 6.45) is 3.47. The Kier molecular flexibility index (Phi) is 3.75. The van der Waals surface area contributed by atoms with Crippen LogP contribution in [0.15, 0.2) is 0 Å². The van der Waals surface area contributed by atoms with Crippen LogP contribution in [-0.4, -0.2) is 29.3 Å². The van der Waals surface area contributed by atoms with Crippen LogP contribution in [-0.2, 0) is 0 Å². The molecular weight excluding hydrogens is 180 g/mol. The van der Waals surface area contributed by atoms with Gasteiger partial charge in [0.15, 0.2) is 0 Å². The summed E-state index contributed by atoms with van der Waals surface area (Å²) in [5.74, 6) is 0. The van der Waals surface area contributed by atoms with Crippen LogP contribution >= 0.6 is 0 Å². The Labute approximate surface area is 85.1 Å². The first-order valence-electron chi connectivity index (χ1n) is 5.24. The van der Waals surface area contributed by atoms with E-state index in [2.05, 4.69) is 10.6 Å². The Hall–Kier alpha value is -0.770. The molecule has 1 saturated heterocycles. The highest BCUT2D eigenvalue weighted by atomic mass is 16.4. The third kappa shape index (κ3) is 3.96. The predicted octanol–water partition coefficient (Wildman–Crippen LogP) is 1.56. The largest absolute Gasteiger partial charge is 0.465 e. The summed E-state index contributed by atoms with van der Waals surface area (Å²) in [5, 5.41) is 14.6. The number of hydrogen-bond donors (Lipinski definition) is 3. The van der Waals surface area contributed by atoms with E-state index < -0.39 is 6.09 Å². The second kappa shape index (κ2) is 4.64. The lowest BCUT2D eigenvalue weighted by atomic mass is 9.95. The SMILES string of the molecule is CC(C)(CCC1CCCN1)NC(=O)O. The molecule has 82 valence electrons. The molecule has 4 heteroatoms. The fraction of sp³-hybridized carbons (Fsp3) is 0.900. The highest BCUT2D eigenvalue weighted by Gasteiger charge is 2.22. The molecule has 1 amide bonds. The van der Waals surface area contributed by atoms with Crippen molar-refractivity contribution in [3.63, 3.8) is 0 Å². The van der Waals surface area contributed by atoms with E-state index in [1.165, 1.54) is 12.8 Å². The second-order valence-electron chi connectivity index (χ2n) is 4.65. The van der Waals surface area contributed by atoms with Crippen molar-refractivity contribution in [1.82, 2.24) is 10.6 Å². The molecule has 1 atom stereocenters. The molecule has 0 saturated carbocycles. The molecule has 0 bridgehead atoms. The lowest BCUT2D eigenvalue weighted by Crippen LogP contribution is -2.43. The third-order valence-corrected chi connectivity index (χ3v) is 2.73. The van der Waals surface area contributed by atoms with E-state index in [1.54, 1.807) is 0 Å². The second-order valence-corrected chi connectivity index (χ2v) is 4.65. The highest BCUT2D eigenvalue weighted by Crippen LogP contribution is 2.17. The van der Waals surface area contributed by atoms with Gasteiger partial charge >= 0.3 is 6.09 Å². The fourth-order valence-corrected chi connectivity index (χ4v) is 1.89. The van der Waals surface area contributed by atoms with E-state index in [0.29, 0.717) is 6.04 Å². The number of hydrogen-bond acceptors (Lipinski definition) is 2. The zero-order valence-corrected chi connectivity index (χ0v) is 8.97. The molecule has 0 aromatic carbocycles. The van der Waals surface area contributed by atoms with Crippen LogP contribution in [0.5, 0.6) is 0 Å². The van der Waals surface area contributed by atoms with E-state index in [0.717, 1.165) is 19.4 Å². The van der Waals surface area contributed by atoms with Gasteiger partial charge in [-0.05, 0) is 46.1 Å². The Morgan fingerprint density at radius 3 is 2.86 bits per heavy atom. The fourth-order valence-electron chi connectivity index (χ4n) is 1.89. The van der Waals surface area contributed by atoms with E-state index in [-0.39, 0.29) is 5.54 Å². The molecule has 0 aromatic rings. The van der Waals surface area contributed by atoms with Gasteiger partial charge in [0, 0.05) is 11.6 Å². The van der Waals surface area contributed by atoms with Gasteiger partial charge in [0.25, 0.3) is 0 Å². The van der Waals surface area contributed by atoms with Crippen molar-refractivity contribution in [2.75, 3.05) is 6.54 Å². The smallest absolute Gasteiger partial charge is 0.405 e. The van der Waals surface area contributed by atoms with Crippen LogP contribution in [0, 0.1) is 0 Å². The van der Waals surface area contributed by atoms with Gasteiger partial charge in [0.2, 0.25) is 0 Å². The summed E-state index contributed by atoms with van der Waals surface area (Å²) in [4.78, 5) is 10.5. The molecule has 3 N–H and O–H groups in total. The van der Waals surface area contributed by atoms with Crippen LogP contribution in [0.3, 0.4) is 0 Å². The van der Waals surface area contributed by atoms with Crippen molar-refractivity contribution < 1.29 is 9.90 Å². The summed E-state index contributed by atoms with van der Waals surface area (Å²) in [7, 11) is 0. The molecule has 1 aliphatic heterocycles. The van der Waals surface area contributed by atoms with Crippen molar-refractivity contribution in [3.8, 4) is 0 Å². The van der Waals surface area contributed by atoms with Gasteiger partial charge in [-0.15, -0.1) is 0 Å². The normalized spacial score (nSPS) is 22.3. The third-order valence-electron chi connectivity index (χ3n) is 2.73. The molecule has 1 heterocycles. The number of amides is 1. The zero-order valence-electron chi connectivity index (χ0n) is 8.97. The molecule has 0 aliphatic carbocycles. The lowest BCUT2D eigenvalue weighted by molar-refractivity contribution is 0.179. The van der Waals surface area contributed by atoms with Crippen molar-refractivity contribution in [2.24, 2.45) is 0 Å². The van der Waals surface area contributed by atoms with E-state index in [4.69, 9.17) is 5.11 Å². The van der Waals surface area contributed by atoms with Gasteiger partial charge in [-0.2, -0.15) is 0 Å². The van der Waals surface area contributed by atoms with Gasteiger partial charge in [0.05, 0.1) is 0 Å². The number of nitrogens with one attached hydrogen (secondary N) is 2. The first-order chi connectivity index (χ1) is 6.49. The predicted molar refractivity (Wildman–Crippen MR) is 55.5 cm³/mol. The zero-order chi connectivity index (χ0) is 10.6. The Balaban J connectivity index is 2.23. The minimum atomic E-state index is -0.936. The molecular formula is C10H20N2O2. The average Bonchev–Trinajstić information content (AvgIpc) is 2.50. The molecule has 4 nitrogen and oxygen atoms in total. The topological polar surface area (TPSA) is 61.4 Å². The molecule has 0 radical (unpaired) electrons. The maximum atomic E-state index is 10.5. The van der Waals surface area contributed by atoms with Crippen molar-refractivity contribution in [2.45, 2.75) is 51.1 Å².